The quantitative estimate of drug-likeness (QED) is 0.507. The number of piperidine rings is 1. The van der Waals surface area contributed by atoms with E-state index in [1.165, 1.54) is 0 Å². The standard InChI is InChI=1S/C24H30N6O4/c31-22(15-21(23(32)33)27-18-6-3-11-25-26-12-4-7-18)29-13-9-19(10-14-29)30-16-17-5-1-2-8-20(17)28-24(30)34/h1-3,5-8,12,19,21,25,27H,4,9-11,13-16H2,(H,28,34)(H,32,33)/b6-3-,18-7+,26-12-. The Morgan fingerprint density at radius 2 is 2.03 bits per heavy atom. The van der Waals surface area contributed by atoms with Crippen LogP contribution in [0.5, 0.6) is 0 Å². The van der Waals surface area contributed by atoms with Gasteiger partial charge >= 0.3 is 12.0 Å². The van der Waals surface area contributed by atoms with Gasteiger partial charge in [-0.25, -0.2) is 9.59 Å². The van der Waals surface area contributed by atoms with Crippen LogP contribution >= 0.6 is 0 Å². The molecule has 10 heteroatoms. The summed E-state index contributed by atoms with van der Waals surface area (Å²) in [5.41, 5.74) is 5.41. The fraction of sp³-hybridized carbons (Fsp3) is 0.417. The second kappa shape index (κ2) is 10.9. The van der Waals surface area contributed by atoms with Crippen LogP contribution in [0.3, 0.4) is 0 Å². The van der Waals surface area contributed by atoms with Crippen molar-refractivity contribution in [2.75, 3.05) is 25.0 Å². The van der Waals surface area contributed by atoms with Crippen LogP contribution in [0.25, 0.3) is 0 Å². The number of hydrogen-bond donors (Lipinski definition) is 4. The first kappa shape index (κ1) is 23.3. The zero-order valence-corrected chi connectivity index (χ0v) is 18.9. The maximum absolute atomic E-state index is 12.9. The lowest BCUT2D eigenvalue weighted by Gasteiger charge is -2.40. The fourth-order valence-electron chi connectivity index (χ4n) is 4.41. The molecule has 0 aromatic heterocycles. The maximum atomic E-state index is 12.9. The zero-order chi connectivity index (χ0) is 23.9. The van der Waals surface area contributed by atoms with Gasteiger partial charge in [-0.05, 0) is 30.5 Å². The van der Waals surface area contributed by atoms with E-state index in [1.807, 2.05) is 41.3 Å². The Morgan fingerprint density at radius 1 is 1.24 bits per heavy atom. The average Bonchev–Trinajstić information content (AvgIpc) is 2.97. The van der Waals surface area contributed by atoms with E-state index in [9.17, 15) is 19.5 Å². The number of allylic oxidation sites excluding steroid dienone is 2. The van der Waals surface area contributed by atoms with Crippen molar-refractivity contribution in [2.24, 2.45) is 5.10 Å². The van der Waals surface area contributed by atoms with Gasteiger partial charge in [0.25, 0.3) is 0 Å². The van der Waals surface area contributed by atoms with Crippen LogP contribution in [0.1, 0.15) is 31.2 Å². The monoisotopic (exact) mass is 466 g/mol. The number of urea groups is 1. The number of carboxylic acid groups (broad SMARTS) is 1. The SMILES string of the molecule is O=C(O)C(CC(=O)N1CCC(N2Cc3ccccc3NC2=O)CC1)NC1=C/C/C=N\NC/C=C\1. The van der Waals surface area contributed by atoms with Crippen molar-refractivity contribution in [1.29, 1.82) is 0 Å². The second-order valence-electron chi connectivity index (χ2n) is 8.54. The maximum Gasteiger partial charge on any atom is 0.326 e. The van der Waals surface area contributed by atoms with Gasteiger partial charge < -0.3 is 31.0 Å². The minimum atomic E-state index is -1.08. The molecule has 0 radical (unpaired) electrons. The predicted molar refractivity (Wildman–Crippen MR) is 128 cm³/mol. The molecule has 0 saturated carbocycles. The highest BCUT2D eigenvalue weighted by molar-refractivity contribution is 5.92. The highest BCUT2D eigenvalue weighted by Crippen LogP contribution is 2.27. The molecule has 3 aliphatic heterocycles. The molecule has 0 bridgehead atoms. The van der Waals surface area contributed by atoms with Crippen molar-refractivity contribution < 1.29 is 19.5 Å². The van der Waals surface area contributed by atoms with Gasteiger partial charge in [-0.1, -0.05) is 30.4 Å². The summed E-state index contributed by atoms with van der Waals surface area (Å²) in [7, 11) is 0. The first-order valence-corrected chi connectivity index (χ1v) is 11.5. The molecule has 180 valence electrons. The summed E-state index contributed by atoms with van der Waals surface area (Å²) in [6.45, 7) is 2.06. The number of carbonyl (C=O) groups is 3. The molecule has 3 aliphatic rings. The van der Waals surface area contributed by atoms with E-state index in [2.05, 4.69) is 21.2 Å². The van der Waals surface area contributed by atoms with E-state index in [4.69, 9.17) is 0 Å². The Balaban J connectivity index is 1.31. The van der Waals surface area contributed by atoms with Gasteiger partial charge in [0.05, 0.1) is 13.0 Å². The number of anilines is 1. The van der Waals surface area contributed by atoms with Crippen LogP contribution in [0.4, 0.5) is 10.5 Å². The molecule has 4 rings (SSSR count). The Hall–Kier alpha value is -3.82. The van der Waals surface area contributed by atoms with E-state index in [1.54, 1.807) is 17.2 Å². The number of fused-ring (bicyclic) bond motifs is 1. The zero-order valence-electron chi connectivity index (χ0n) is 18.9. The summed E-state index contributed by atoms with van der Waals surface area (Å²) in [4.78, 5) is 40.9. The van der Waals surface area contributed by atoms with Crippen molar-refractivity contribution >= 4 is 29.8 Å². The number of nitrogens with zero attached hydrogens (tertiary/aromatic N) is 3. The molecule has 34 heavy (non-hydrogen) atoms. The molecular formula is C24H30N6O4. The smallest absolute Gasteiger partial charge is 0.326 e. The third-order valence-electron chi connectivity index (χ3n) is 6.27. The first-order valence-electron chi connectivity index (χ1n) is 11.5. The number of carboxylic acids is 1. The third-order valence-corrected chi connectivity index (χ3v) is 6.27. The fourth-order valence-corrected chi connectivity index (χ4v) is 4.41. The van der Waals surface area contributed by atoms with Gasteiger partial charge in [-0.3, -0.25) is 4.79 Å². The number of hydrogen-bond acceptors (Lipinski definition) is 6. The van der Waals surface area contributed by atoms with Crippen LogP contribution in [-0.2, 0) is 16.1 Å². The summed E-state index contributed by atoms with van der Waals surface area (Å²) in [5, 5.41) is 19.6. The Labute approximate surface area is 198 Å². The van der Waals surface area contributed by atoms with Gasteiger partial charge in [-0.15, -0.1) is 0 Å². The second-order valence-corrected chi connectivity index (χ2v) is 8.54. The Bertz CT molecular complexity index is 1010. The summed E-state index contributed by atoms with van der Waals surface area (Å²) in [5.74, 6) is -1.28. The number of carbonyl (C=O) groups excluding carboxylic acids is 2. The van der Waals surface area contributed by atoms with E-state index < -0.39 is 12.0 Å². The van der Waals surface area contributed by atoms with Gasteiger partial charge in [0.2, 0.25) is 5.91 Å². The van der Waals surface area contributed by atoms with Crippen LogP contribution in [0.2, 0.25) is 0 Å². The molecule has 0 spiro atoms. The Morgan fingerprint density at radius 3 is 2.82 bits per heavy atom. The number of hydrazone groups is 1. The summed E-state index contributed by atoms with van der Waals surface area (Å²) in [6, 6.07) is 6.64. The first-order chi connectivity index (χ1) is 16.5. The lowest BCUT2D eigenvalue weighted by atomic mass is 10.00. The summed E-state index contributed by atoms with van der Waals surface area (Å²) < 4.78 is 0. The van der Waals surface area contributed by atoms with Crippen molar-refractivity contribution in [3.8, 4) is 0 Å². The van der Waals surface area contributed by atoms with Gasteiger partial charge in [0.15, 0.2) is 0 Å². The molecule has 1 fully saturated rings. The number of amides is 3. The predicted octanol–water partition coefficient (Wildman–Crippen LogP) is 1.88. The Kier molecular flexibility index (Phi) is 7.46. The van der Waals surface area contributed by atoms with E-state index in [0.29, 0.717) is 51.1 Å². The molecule has 4 N–H and O–H groups in total. The van der Waals surface area contributed by atoms with Crippen molar-refractivity contribution in [1.82, 2.24) is 20.5 Å². The van der Waals surface area contributed by atoms with E-state index >= 15 is 0 Å². The molecule has 3 amide bonds. The van der Waals surface area contributed by atoms with Crippen molar-refractivity contribution in [2.45, 2.75) is 44.3 Å². The number of aliphatic carboxylic acids is 1. The van der Waals surface area contributed by atoms with Crippen LogP contribution < -0.4 is 16.1 Å². The third kappa shape index (κ3) is 5.75. The number of benzene rings is 1. The summed E-state index contributed by atoms with van der Waals surface area (Å²) >= 11 is 0. The topological polar surface area (TPSA) is 126 Å². The number of nitrogens with one attached hydrogen (secondary N) is 3. The lowest BCUT2D eigenvalue weighted by molar-refractivity contribution is -0.143. The van der Waals surface area contributed by atoms with E-state index in [0.717, 1.165) is 11.3 Å². The molecule has 1 saturated heterocycles. The molecular weight excluding hydrogens is 436 g/mol. The number of para-hydroxylation sites is 1. The number of rotatable bonds is 6. The molecule has 1 aromatic carbocycles. The average molecular weight is 467 g/mol. The van der Waals surface area contributed by atoms with Gasteiger partial charge in [0, 0.05) is 49.7 Å². The van der Waals surface area contributed by atoms with Gasteiger partial charge in [0.1, 0.15) is 6.04 Å². The molecule has 1 unspecified atom stereocenters. The van der Waals surface area contributed by atoms with E-state index in [-0.39, 0.29) is 24.4 Å². The largest absolute Gasteiger partial charge is 0.480 e. The molecule has 0 aliphatic carbocycles. The van der Waals surface area contributed by atoms with Crippen molar-refractivity contribution in [3.05, 3.63) is 53.8 Å². The normalized spacial score (nSPS) is 22.9. The molecule has 3 heterocycles. The lowest BCUT2D eigenvalue weighted by Crippen LogP contribution is -2.51. The van der Waals surface area contributed by atoms with Crippen LogP contribution in [0.15, 0.2) is 53.3 Å². The minimum Gasteiger partial charge on any atom is -0.480 e. The number of likely N-dealkylation sites (tertiary alicyclic amines) is 1. The molecule has 1 atom stereocenters. The van der Waals surface area contributed by atoms with Crippen LogP contribution in [-0.4, -0.2) is 70.7 Å². The highest BCUT2D eigenvalue weighted by Gasteiger charge is 2.33. The van der Waals surface area contributed by atoms with Crippen LogP contribution in [0, 0.1) is 0 Å². The molecule has 1 aromatic rings. The molecule has 10 nitrogen and oxygen atoms in total. The van der Waals surface area contributed by atoms with Crippen molar-refractivity contribution in [3.63, 3.8) is 0 Å². The minimum absolute atomic E-state index is 0.0372. The van der Waals surface area contributed by atoms with Gasteiger partial charge in [-0.2, -0.15) is 5.10 Å². The summed E-state index contributed by atoms with van der Waals surface area (Å²) in [6.07, 6.45) is 8.87. The highest BCUT2D eigenvalue weighted by atomic mass is 16.4.